The first-order valence-corrected chi connectivity index (χ1v) is 7.92. The van der Waals surface area contributed by atoms with Crippen LogP contribution in [-0.4, -0.2) is 38.2 Å². The largest absolute Gasteiger partial charge is 0.493 e. The molecule has 1 aromatic rings. The first-order chi connectivity index (χ1) is 10.8. The van der Waals surface area contributed by atoms with Crippen molar-refractivity contribution in [2.75, 3.05) is 26.9 Å². The van der Waals surface area contributed by atoms with Crippen molar-refractivity contribution in [3.63, 3.8) is 0 Å². The number of methoxy groups -OCH3 is 1. The standard InChI is InChI=1S/C17H21NO4/c1-19-16-8-13(4-5-15(16)21-10-12-2-3-12)14-9-17(22-18-14)6-7-20-11-17/h4-5,8,12H,2-3,6-7,9-11H2,1H3. The van der Waals surface area contributed by atoms with Gasteiger partial charge in [-0.15, -0.1) is 0 Å². The zero-order valence-electron chi connectivity index (χ0n) is 12.8. The molecule has 1 atom stereocenters. The van der Waals surface area contributed by atoms with Crippen LogP contribution in [0.5, 0.6) is 11.5 Å². The van der Waals surface area contributed by atoms with Gasteiger partial charge in [0.15, 0.2) is 17.1 Å². The van der Waals surface area contributed by atoms with Crippen LogP contribution in [-0.2, 0) is 9.57 Å². The smallest absolute Gasteiger partial charge is 0.168 e. The molecule has 1 aromatic carbocycles. The predicted molar refractivity (Wildman–Crippen MR) is 81.6 cm³/mol. The van der Waals surface area contributed by atoms with E-state index in [4.69, 9.17) is 19.0 Å². The Labute approximate surface area is 130 Å². The van der Waals surface area contributed by atoms with E-state index in [9.17, 15) is 0 Å². The molecule has 0 N–H and O–H groups in total. The highest BCUT2D eigenvalue weighted by Gasteiger charge is 2.43. The van der Waals surface area contributed by atoms with Crippen LogP contribution in [0.15, 0.2) is 23.4 Å². The Hall–Kier alpha value is -1.75. The Bertz CT molecular complexity index is 588. The number of hydrogen-bond donors (Lipinski definition) is 0. The zero-order chi connectivity index (χ0) is 15.0. The van der Waals surface area contributed by atoms with E-state index in [1.165, 1.54) is 12.8 Å². The Balaban J connectivity index is 1.49. The molecule has 0 bridgehead atoms. The number of oxime groups is 1. The van der Waals surface area contributed by atoms with E-state index in [1.807, 2.05) is 18.2 Å². The molecule has 0 amide bonds. The molecular formula is C17H21NO4. The summed E-state index contributed by atoms with van der Waals surface area (Å²) < 4.78 is 16.8. The molecule has 118 valence electrons. The number of nitrogens with zero attached hydrogens (tertiary/aromatic N) is 1. The lowest BCUT2D eigenvalue weighted by atomic mass is 9.93. The fourth-order valence-corrected chi connectivity index (χ4v) is 2.93. The highest BCUT2D eigenvalue weighted by Crippen LogP contribution is 2.37. The first kappa shape index (κ1) is 13.9. The summed E-state index contributed by atoms with van der Waals surface area (Å²) in [5.74, 6) is 2.28. The van der Waals surface area contributed by atoms with Gasteiger partial charge in [0.05, 0.1) is 32.6 Å². The van der Waals surface area contributed by atoms with Gasteiger partial charge in [0, 0.05) is 18.4 Å². The number of rotatable bonds is 5. The summed E-state index contributed by atoms with van der Waals surface area (Å²) in [5, 5.41) is 4.27. The van der Waals surface area contributed by atoms with E-state index in [0.717, 1.165) is 54.7 Å². The third-order valence-corrected chi connectivity index (χ3v) is 4.57. The third-order valence-electron chi connectivity index (χ3n) is 4.57. The maximum atomic E-state index is 5.85. The van der Waals surface area contributed by atoms with Crippen LogP contribution >= 0.6 is 0 Å². The molecule has 2 fully saturated rings. The first-order valence-electron chi connectivity index (χ1n) is 7.92. The third kappa shape index (κ3) is 2.65. The van der Waals surface area contributed by atoms with E-state index in [1.54, 1.807) is 7.11 Å². The molecule has 1 spiro atoms. The fourth-order valence-electron chi connectivity index (χ4n) is 2.93. The molecule has 1 aliphatic carbocycles. The topological polar surface area (TPSA) is 49.3 Å². The minimum absolute atomic E-state index is 0.246. The summed E-state index contributed by atoms with van der Waals surface area (Å²) >= 11 is 0. The maximum absolute atomic E-state index is 5.85. The van der Waals surface area contributed by atoms with Gasteiger partial charge < -0.3 is 19.0 Å². The van der Waals surface area contributed by atoms with E-state index in [-0.39, 0.29) is 5.60 Å². The summed E-state index contributed by atoms with van der Waals surface area (Å²) in [4.78, 5) is 5.65. The molecule has 2 aliphatic heterocycles. The minimum Gasteiger partial charge on any atom is -0.493 e. The van der Waals surface area contributed by atoms with Crippen LogP contribution in [0.3, 0.4) is 0 Å². The Morgan fingerprint density at radius 3 is 2.95 bits per heavy atom. The second-order valence-corrected chi connectivity index (χ2v) is 6.41. The van der Waals surface area contributed by atoms with Gasteiger partial charge in [-0.25, -0.2) is 0 Å². The van der Waals surface area contributed by atoms with E-state index in [2.05, 4.69) is 5.16 Å². The van der Waals surface area contributed by atoms with Crippen LogP contribution in [0.1, 0.15) is 31.2 Å². The second-order valence-electron chi connectivity index (χ2n) is 6.41. The Kier molecular flexibility index (Phi) is 3.45. The van der Waals surface area contributed by atoms with Gasteiger partial charge in [-0.2, -0.15) is 0 Å². The molecule has 5 nitrogen and oxygen atoms in total. The van der Waals surface area contributed by atoms with Gasteiger partial charge in [0.2, 0.25) is 0 Å². The van der Waals surface area contributed by atoms with Gasteiger partial charge in [-0.3, -0.25) is 0 Å². The quantitative estimate of drug-likeness (QED) is 0.839. The summed E-state index contributed by atoms with van der Waals surface area (Å²) in [5.41, 5.74) is 1.74. The highest BCUT2D eigenvalue weighted by atomic mass is 16.7. The maximum Gasteiger partial charge on any atom is 0.168 e. The van der Waals surface area contributed by atoms with Gasteiger partial charge >= 0.3 is 0 Å². The van der Waals surface area contributed by atoms with Crippen LogP contribution in [0.25, 0.3) is 0 Å². The van der Waals surface area contributed by atoms with Gasteiger partial charge in [-0.05, 0) is 37.0 Å². The van der Waals surface area contributed by atoms with Gasteiger partial charge in [0.1, 0.15) is 0 Å². The van der Waals surface area contributed by atoms with Crippen molar-refractivity contribution in [1.82, 2.24) is 0 Å². The molecule has 1 saturated heterocycles. The fraction of sp³-hybridized carbons (Fsp3) is 0.588. The van der Waals surface area contributed by atoms with Crippen molar-refractivity contribution in [2.24, 2.45) is 11.1 Å². The average Bonchev–Trinajstić information content (AvgIpc) is 3.12. The summed E-state index contributed by atoms with van der Waals surface area (Å²) in [6.07, 6.45) is 4.25. The van der Waals surface area contributed by atoms with E-state index >= 15 is 0 Å². The molecule has 1 unspecified atom stereocenters. The predicted octanol–water partition coefficient (Wildman–Crippen LogP) is 2.77. The van der Waals surface area contributed by atoms with E-state index < -0.39 is 0 Å². The molecule has 2 heterocycles. The van der Waals surface area contributed by atoms with Gasteiger partial charge in [-0.1, -0.05) is 5.16 Å². The van der Waals surface area contributed by atoms with Crippen molar-refractivity contribution >= 4 is 5.71 Å². The van der Waals surface area contributed by atoms with Gasteiger partial charge in [0.25, 0.3) is 0 Å². The molecule has 1 saturated carbocycles. The van der Waals surface area contributed by atoms with Crippen molar-refractivity contribution in [1.29, 1.82) is 0 Å². The molecule has 22 heavy (non-hydrogen) atoms. The lowest BCUT2D eigenvalue weighted by Gasteiger charge is -2.17. The van der Waals surface area contributed by atoms with E-state index in [0.29, 0.717) is 6.61 Å². The molecule has 0 aromatic heterocycles. The monoisotopic (exact) mass is 303 g/mol. The summed E-state index contributed by atoms with van der Waals surface area (Å²) in [6, 6.07) is 5.98. The second kappa shape index (κ2) is 5.47. The van der Waals surface area contributed by atoms with Crippen molar-refractivity contribution < 1.29 is 19.0 Å². The lowest BCUT2D eigenvalue weighted by Crippen LogP contribution is -2.29. The lowest BCUT2D eigenvalue weighted by molar-refractivity contribution is -0.0237. The Morgan fingerprint density at radius 2 is 2.23 bits per heavy atom. The molecule has 3 aliphatic rings. The normalized spacial score (nSPS) is 26.9. The highest BCUT2D eigenvalue weighted by molar-refractivity contribution is 6.02. The minimum atomic E-state index is -0.246. The van der Waals surface area contributed by atoms with Crippen LogP contribution < -0.4 is 9.47 Å². The van der Waals surface area contributed by atoms with Crippen LogP contribution in [0.4, 0.5) is 0 Å². The SMILES string of the molecule is COc1cc(C2=NOC3(CCOC3)C2)ccc1OCC1CC1. The molecule has 5 heteroatoms. The van der Waals surface area contributed by atoms with Crippen molar-refractivity contribution in [3.8, 4) is 11.5 Å². The number of hydrogen-bond acceptors (Lipinski definition) is 5. The van der Waals surface area contributed by atoms with Crippen molar-refractivity contribution in [3.05, 3.63) is 23.8 Å². The zero-order valence-corrected chi connectivity index (χ0v) is 12.8. The van der Waals surface area contributed by atoms with Crippen molar-refractivity contribution in [2.45, 2.75) is 31.3 Å². The molecule has 0 radical (unpaired) electrons. The van der Waals surface area contributed by atoms with Crippen LogP contribution in [0, 0.1) is 5.92 Å². The number of benzene rings is 1. The van der Waals surface area contributed by atoms with Crippen LogP contribution in [0.2, 0.25) is 0 Å². The average molecular weight is 303 g/mol. The molecule has 4 rings (SSSR count). The summed E-state index contributed by atoms with van der Waals surface area (Å²) in [7, 11) is 1.67. The number of ether oxygens (including phenoxy) is 3. The molecular weight excluding hydrogens is 282 g/mol. The Morgan fingerprint density at radius 1 is 1.32 bits per heavy atom. The summed E-state index contributed by atoms with van der Waals surface area (Å²) in [6.45, 7) is 2.15.